The molecule has 0 spiro atoms. The summed E-state index contributed by atoms with van der Waals surface area (Å²) in [6.07, 6.45) is 3.25. The molecule has 1 N–H and O–H groups in total. The largest absolute Gasteiger partial charge is 0.480 e. The first kappa shape index (κ1) is 16.5. The molecule has 2 amide bonds. The van der Waals surface area contributed by atoms with Crippen molar-refractivity contribution in [1.82, 2.24) is 9.80 Å². The summed E-state index contributed by atoms with van der Waals surface area (Å²) in [5.41, 5.74) is 0. The third-order valence-electron chi connectivity index (χ3n) is 4.45. The lowest BCUT2D eigenvalue weighted by molar-refractivity contribution is -0.141. The topological polar surface area (TPSA) is 60.9 Å². The minimum absolute atomic E-state index is 0.0598. The average molecular weight is 314 g/mol. The molecule has 21 heavy (non-hydrogen) atoms. The van der Waals surface area contributed by atoms with Gasteiger partial charge in [-0.3, -0.25) is 4.90 Å². The van der Waals surface area contributed by atoms with Crippen LogP contribution in [0.4, 0.5) is 4.79 Å². The summed E-state index contributed by atoms with van der Waals surface area (Å²) in [5.74, 6) is 0.569. The van der Waals surface area contributed by atoms with Crippen molar-refractivity contribution in [2.24, 2.45) is 11.8 Å². The van der Waals surface area contributed by atoms with Crippen LogP contribution in [-0.2, 0) is 4.79 Å². The maximum Gasteiger partial charge on any atom is 0.327 e. The lowest BCUT2D eigenvalue weighted by Gasteiger charge is -2.34. The van der Waals surface area contributed by atoms with Gasteiger partial charge in [-0.2, -0.15) is 0 Å². The van der Waals surface area contributed by atoms with Crippen LogP contribution < -0.4 is 0 Å². The highest BCUT2D eigenvalue weighted by Gasteiger charge is 2.49. The van der Waals surface area contributed by atoms with E-state index in [9.17, 15) is 14.7 Å². The molecule has 3 unspecified atom stereocenters. The number of urea groups is 1. The second-order valence-corrected chi connectivity index (χ2v) is 7.31. The second kappa shape index (κ2) is 6.90. The zero-order valence-electron chi connectivity index (χ0n) is 13.1. The fourth-order valence-electron chi connectivity index (χ4n) is 2.72. The van der Waals surface area contributed by atoms with E-state index in [2.05, 4.69) is 13.8 Å². The molecule has 1 saturated heterocycles. The van der Waals surface area contributed by atoms with Gasteiger partial charge in [0, 0.05) is 18.8 Å². The molecular weight excluding hydrogens is 288 g/mol. The number of nitrogens with zero attached hydrogens (tertiary/aromatic N) is 2. The fraction of sp³-hybridized carbons (Fsp3) is 0.867. The van der Waals surface area contributed by atoms with E-state index in [0.717, 1.165) is 19.3 Å². The standard InChI is InChI=1S/C15H26N2O3S/c1-4-10(3)8-16(5-2)15(20)17-12(14(18)19)9-21-13(17)11-6-7-11/h10-13H,4-9H2,1-3H3,(H,18,19). The van der Waals surface area contributed by atoms with Gasteiger partial charge in [0.25, 0.3) is 0 Å². The van der Waals surface area contributed by atoms with Crippen molar-refractivity contribution in [3.63, 3.8) is 0 Å². The molecule has 0 aromatic rings. The van der Waals surface area contributed by atoms with Crippen molar-refractivity contribution in [1.29, 1.82) is 0 Å². The molecule has 6 heteroatoms. The van der Waals surface area contributed by atoms with E-state index in [4.69, 9.17) is 0 Å². The van der Waals surface area contributed by atoms with Crippen LogP contribution in [0.15, 0.2) is 0 Å². The molecule has 3 atom stereocenters. The third kappa shape index (κ3) is 3.65. The van der Waals surface area contributed by atoms with Crippen LogP contribution in [0.25, 0.3) is 0 Å². The highest BCUT2D eigenvalue weighted by atomic mass is 32.2. The molecule has 1 aliphatic heterocycles. The number of carboxylic acids is 1. The van der Waals surface area contributed by atoms with Crippen LogP contribution in [0, 0.1) is 11.8 Å². The molecule has 2 aliphatic rings. The van der Waals surface area contributed by atoms with Crippen LogP contribution in [0.2, 0.25) is 0 Å². The van der Waals surface area contributed by atoms with Gasteiger partial charge in [0.1, 0.15) is 6.04 Å². The predicted molar refractivity (Wildman–Crippen MR) is 84.3 cm³/mol. The van der Waals surface area contributed by atoms with Crippen molar-refractivity contribution in [3.8, 4) is 0 Å². The minimum atomic E-state index is -0.876. The Balaban J connectivity index is 2.13. The number of carboxylic acid groups (broad SMARTS) is 1. The highest BCUT2D eigenvalue weighted by Crippen LogP contribution is 2.45. The molecule has 1 heterocycles. The Hall–Kier alpha value is -0.910. The molecule has 2 fully saturated rings. The van der Waals surface area contributed by atoms with Crippen LogP contribution >= 0.6 is 11.8 Å². The molecule has 2 rings (SSSR count). The van der Waals surface area contributed by atoms with Gasteiger partial charge in [-0.05, 0) is 31.6 Å². The predicted octanol–water partition coefficient (Wildman–Crippen LogP) is 2.71. The monoisotopic (exact) mass is 314 g/mol. The number of aliphatic carboxylic acids is 1. The number of hydrogen-bond acceptors (Lipinski definition) is 3. The molecule has 0 aromatic heterocycles. The minimum Gasteiger partial charge on any atom is -0.480 e. The van der Waals surface area contributed by atoms with E-state index < -0.39 is 12.0 Å². The number of hydrogen-bond donors (Lipinski definition) is 1. The first-order chi connectivity index (χ1) is 9.99. The van der Waals surface area contributed by atoms with Crippen molar-refractivity contribution >= 4 is 23.8 Å². The summed E-state index contributed by atoms with van der Waals surface area (Å²) in [6, 6.07) is -0.758. The van der Waals surface area contributed by atoms with E-state index in [1.54, 1.807) is 16.7 Å². The first-order valence-electron chi connectivity index (χ1n) is 7.91. The molecule has 0 aromatic carbocycles. The van der Waals surface area contributed by atoms with Crippen molar-refractivity contribution in [3.05, 3.63) is 0 Å². The lowest BCUT2D eigenvalue weighted by Crippen LogP contribution is -2.52. The van der Waals surface area contributed by atoms with Crippen LogP contribution in [0.3, 0.4) is 0 Å². The maximum atomic E-state index is 12.9. The SMILES string of the molecule is CCC(C)CN(CC)C(=O)N1C(C(=O)O)CSC1C1CC1. The van der Waals surface area contributed by atoms with E-state index in [1.807, 2.05) is 11.8 Å². The Kier molecular flexibility index (Phi) is 5.41. The van der Waals surface area contributed by atoms with Gasteiger partial charge < -0.3 is 10.0 Å². The molecule has 0 bridgehead atoms. The van der Waals surface area contributed by atoms with Gasteiger partial charge in [0.2, 0.25) is 0 Å². The van der Waals surface area contributed by atoms with E-state index in [0.29, 0.717) is 30.7 Å². The molecule has 1 aliphatic carbocycles. The first-order valence-corrected chi connectivity index (χ1v) is 8.96. The van der Waals surface area contributed by atoms with Crippen molar-refractivity contribution in [2.75, 3.05) is 18.8 Å². The third-order valence-corrected chi connectivity index (χ3v) is 5.91. The summed E-state index contributed by atoms with van der Waals surface area (Å²) < 4.78 is 0. The smallest absolute Gasteiger partial charge is 0.327 e. The van der Waals surface area contributed by atoms with Gasteiger partial charge in [-0.1, -0.05) is 20.3 Å². The van der Waals surface area contributed by atoms with Crippen LogP contribution in [0.5, 0.6) is 0 Å². The number of rotatable bonds is 6. The number of amides is 2. The summed E-state index contributed by atoms with van der Waals surface area (Å²) in [4.78, 5) is 27.8. The Morgan fingerprint density at radius 3 is 2.52 bits per heavy atom. The quantitative estimate of drug-likeness (QED) is 0.819. The fourth-order valence-corrected chi connectivity index (χ4v) is 4.34. The Labute approximate surface area is 131 Å². The normalized spacial score (nSPS) is 26.7. The maximum absolute atomic E-state index is 12.9. The average Bonchev–Trinajstić information content (AvgIpc) is 3.21. The van der Waals surface area contributed by atoms with Gasteiger partial charge in [0.15, 0.2) is 0 Å². The molecule has 0 radical (unpaired) electrons. The van der Waals surface area contributed by atoms with Gasteiger partial charge >= 0.3 is 12.0 Å². The van der Waals surface area contributed by atoms with E-state index >= 15 is 0 Å². The van der Waals surface area contributed by atoms with Crippen LogP contribution in [0.1, 0.15) is 40.0 Å². The van der Waals surface area contributed by atoms with Crippen molar-refractivity contribution < 1.29 is 14.7 Å². The lowest BCUT2D eigenvalue weighted by atomic mass is 10.1. The number of thioether (sulfide) groups is 1. The van der Waals surface area contributed by atoms with E-state index in [-0.39, 0.29) is 11.4 Å². The molecule has 1 saturated carbocycles. The zero-order valence-corrected chi connectivity index (χ0v) is 13.9. The van der Waals surface area contributed by atoms with E-state index in [1.165, 1.54) is 0 Å². The summed E-state index contributed by atoms with van der Waals surface area (Å²) >= 11 is 1.64. The Bertz CT molecular complexity index is 400. The van der Waals surface area contributed by atoms with Gasteiger partial charge in [-0.25, -0.2) is 9.59 Å². The van der Waals surface area contributed by atoms with Crippen LogP contribution in [-0.4, -0.2) is 57.2 Å². The van der Waals surface area contributed by atoms with Gasteiger partial charge in [0.05, 0.1) is 5.37 Å². The number of carbonyl (C=O) groups excluding carboxylic acids is 1. The summed E-state index contributed by atoms with van der Waals surface area (Å²) in [5, 5.41) is 9.47. The molecular formula is C15H26N2O3S. The number of carbonyl (C=O) groups is 2. The zero-order chi connectivity index (χ0) is 15.6. The Morgan fingerprint density at radius 1 is 1.38 bits per heavy atom. The summed E-state index contributed by atoms with van der Waals surface area (Å²) in [7, 11) is 0. The summed E-state index contributed by atoms with van der Waals surface area (Å²) in [6.45, 7) is 7.54. The molecule has 5 nitrogen and oxygen atoms in total. The Morgan fingerprint density at radius 2 is 2.05 bits per heavy atom. The molecule has 120 valence electrons. The van der Waals surface area contributed by atoms with Gasteiger partial charge in [-0.15, -0.1) is 11.8 Å². The second-order valence-electron chi connectivity index (χ2n) is 6.16. The highest BCUT2D eigenvalue weighted by molar-refractivity contribution is 8.00. The van der Waals surface area contributed by atoms with Crippen molar-refractivity contribution in [2.45, 2.75) is 51.4 Å².